The van der Waals surface area contributed by atoms with Gasteiger partial charge in [0.25, 0.3) is 0 Å². The maximum Gasteiger partial charge on any atom is 0.348 e. The maximum absolute atomic E-state index is 14.0. The van der Waals surface area contributed by atoms with Gasteiger partial charge in [0.15, 0.2) is 5.57 Å². The fourth-order valence-electron chi connectivity index (χ4n) is 1.90. The maximum atomic E-state index is 14.0. The minimum atomic E-state index is -0.953. The van der Waals surface area contributed by atoms with Gasteiger partial charge in [-0.25, -0.2) is 14.0 Å². The molecule has 22 heavy (non-hydrogen) atoms. The molecule has 0 aromatic heterocycles. The first-order chi connectivity index (χ1) is 10.5. The molecule has 1 aromatic rings. The Kier molecular flexibility index (Phi) is 4.81. The van der Waals surface area contributed by atoms with E-state index in [0.29, 0.717) is 0 Å². The van der Waals surface area contributed by atoms with Gasteiger partial charge in [-0.1, -0.05) is 23.9 Å². The van der Waals surface area contributed by atoms with Gasteiger partial charge in [0.1, 0.15) is 10.8 Å². The zero-order valence-electron chi connectivity index (χ0n) is 11.8. The van der Waals surface area contributed by atoms with Crippen LogP contribution in [0.25, 0.3) is 0 Å². The van der Waals surface area contributed by atoms with E-state index in [4.69, 9.17) is 0 Å². The predicted octanol–water partition coefficient (Wildman–Crippen LogP) is 1.46. The van der Waals surface area contributed by atoms with Crippen molar-refractivity contribution in [3.05, 3.63) is 40.7 Å². The summed E-state index contributed by atoms with van der Waals surface area (Å²) < 4.78 is 23.1. The molecule has 0 atom stereocenters. The number of amides is 1. The normalized spacial score (nSPS) is 14.0. The number of benzene rings is 1. The van der Waals surface area contributed by atoms with Crippen molar-refractivity contribution in [1.82, 2.24) is 0 Å². The van der Waals surface area contributed by atoms with Gasteiger partial charge in [0, 0.05) is 0 Å². The van der Waals surface area contributed by atoms with Crippen LogP contribution in [0.3, 0.4) is 0 Å². The summed E-state index contributed by atoms with van der Waals surface area (Å²) in [4.78, 5) is 36.7. The number of hydrogen-bond donors (Lipinski definition) is 0. The van der Waals surface area contributed by atoms with Gasteiger partial charge in [-0.05, 0) is 12.1 Å². The van der Waals surface area contributed by atoms with Crippen LogP contribution in [-0.4, -0.2) is 37.8 Å². The fourth-order valence-corrected chi connectivity index (χ4v) is 2.92. The summed E-state index contributed by atoms with van der Waals surface area (Å²) in [5.41, 5.74) is -0.484. The summed E-state index contributed by atoms with van der Waals surface area (Å²) in [6.07, 6.45) is 0. The molecule has 1 heterocycles. The molecule has 0 unspecified atom stereocenters. The van der Waals surface area contributed by atoms with Gasteiger partial charge in [-0.2, -0.15) is 0 Å². The first-order valence-electron chi connectivity index (χ1n) is 6.12. The SMILES string of the molecule is COC(=O)C(C(=O)OC)=C1SCC(=O)N1c1ccccc1F. The average Bonchev–Trinajstić information content (AvgIpc) is 2.89. The largest absolute Gasteiger partial charge is 0.465 e. The van der Waals surface area contributed by atoms with E-state index in [1.54, 1.807) is 6.07 Å². The van der Waals surface area contributed by atoms with Crippen LogP contribution < -0.4 is 4.90 Å². The Morgan fingerprint density at radius 1 is 1.18 bits per heavy atom. The van der Waals surface area contributed by atoms with Crippen LogP contribution in [0.2, 0.25) is 0 Å². The fraction of sp³-hybridized carbons (Fsp3) is 0.214. The van der Waals surface area contributed by atoms with E-state index < -0.39 is 29.2 Å². The lowest BCUT2D eigenvalue weighted by Gasteiger charge is -2.19. The minimum absolute atomic E-state index is 0.00574. The number of hydrogen-bond acceptors (Lipinski definition) is 6. The first-order valence-corrected chi connectivity index (χ1v) is 7.11. The Hall–Kier alpha value is -2.35. The van der Waals surface area contributed by atoms with E-state index in [1.165, 1.54) is 18.2 Å². The molecule has 0 N–H and O–H groups in total. The van der Waals surface area contributed by atoms with Crippen LogP contribution in [0.5, 0.6) is 0 Å². The van der Waals surface area contributed by atoms with Crippen LogP contribution in [0.4, 0.5) is 10.1 Å². The van der Waals surface area contributed by atoms with Crippen molar-refractivity contribution in [2.45, 2.75) is 0 Å². The molecular formula is C14H12FNO5S. The highest BCUT2D eigenvalue weighted by molar-refractivity contribution is 8.04. The van der Waals surface area contributed by atoms with Gasteiger partial charge in [-0.3, -0.25) is 9.69 Å². The average molecular weight is 325 g/mol. The van der Waals surface area contributed by atoms with Crippen molar-refractivity contribution in [3.63, 3.8) is 0 Å². The van der Waals surface area contributed by atoms with Crippen molar-refractivity contribution in [1.29, 1.82) is 0 Å². The number of rotatable bonds is 3. The number of para-hydroxylation sites is 1. The molecule has 1 aliphatic heterocycles. The standard InChI is InChI=1S/C14H12FNO5S/c1-20-13(18)11(14(19)21-2)12-16(10(17)7-22-12)9-6-4-3-5-8(9)15/h3-6H,7H2,1-2H3. The number of thioether (sulfide) groups is 1. The molecular weight excluding hydrogens is 313 g/mol. The van der Waals surface area contributed by atoms with Crippen molar-refractivity contribution in [2.75, 3.05) is 24.9 Å². The second kappa shape index (κ2) is 6.61. The summed E-state index contributed by atoms with van der Waals surface area (Å²) in [5, 5.41) is -0.00574. The van der Waals surface area contributed by atoms with Gasteiger partial charge in [0.2, 0.25) is 5.91 Å². The second-order valence-corrected chi connectivity index (χ2v) is 5.10. The highest BCUT2D eigenvalue weighted by Gasteiger charge is 2.37. The van der Waals surface area contributed by atoms with E-state index in [1.807, 2.05) is 0 Å². The molecule has 6 nitrogen and oxygen atoms in total. The van der Waals surface area contributed by atoms with Crippen molar-refractivity contribution in [3.8, 4) is 0 Å². The number of methoxy groups -OCH3 is 2. The highest BCUT2D eigenvalue weighted by Crippen LogP contribution is 2.37. The molecule has 116 valence electrons. The van der Waals surface area contributed by atoms with Gasteiger partial charge < -0.3 is 9.47 Å². The number of carbonyl (C=O) groups is 3. The predicted molar refractivity (Wildman–Crippen MR) is 77.4 cm³/mol. The lowest BCUT2D eigenvalue weighted by molar-refractivity contribution is -0.144. The number of carbonyl (C=O) groups excluding carboxylic acids is 3. The van der Waals surface area contributed by atoms with E-state index in [-0.39, 0.29) is 16.5 Å². The Morgan fingerprint density at radius 2 is 1.77 bits per heavy atom. The zero-order chi connectivity index (χ0) is 16.3. The topological polar surface area (TPSA) is 72.9 Å². The van der Waals surface area contributed by atoms with Gasteiger partial charge in [0.05, 0.1) is 25.7 Å². The Balaban J connectivity index is 2.62. The first kappa shape index (κ1) is 16.0. The van der Waals surface area contributed by atoms with Crippen LogP contribution in [0, 0.1) is 5.82 Å². The number of ether oxygens (including phenoxy) is 2. The van der Waals surface area contributed by atoms with Crippen LogP contribution >= 0.6 is 11.8 Å². The van der Waals surface area contributed by atoms with Crippen LogP contribution in [0.1, 0.15) is 0 Å². The third-order valence-corrected chi connectivity index (χ3v) is 3.92. The number of halogens is 1. The minimum Gasteiger partial charge on any atom is -0.465 e. The summed E-state index contributed by atoms with van der Waals surface area (Å²) >= 11 is 0.945. The third kappa shape index (κ3) is 2.82. The lowest BCUT2D eigenvalue weighted by atomic mass is 10.2. The van der Waals surface area contributed by atoms with Crippen LogP contribution in [0.15, 0.2) is 34.9 Å². The van der Waals surface area contributed by atoms with Gasteiger partial charge >= 0.3 is 11.9 Å². The summed E-state index contributed by atoms with van der Waals surface area (Å²) in [5.74, 6) is -3.03. The van der Waals surface area contributed by atoms with E-state index in [2.05, 4.69) is 9.47 Å². The third-order valence-electron chi connectivity index (χ3n) is 2.87. The molecule has 0 saturated carbocycles. The number of esters is 2. The van der Waals surface area contributed by atoms with Crippen molar-refractivity contribution in [2.24, 2.45) is 0 Å². The number of nitrogens with zero attached hydrogens (tertiary/aromatic N) is 1. The van der Waals surface area contributed by atoms with Crippen LogP contribution in [-0.2, 0) is 23.9 Å². The summed E-state index contributed by atoms with van der Waals surface area (Å²) in [7, 11) is 2.20. The molecule has 1 aromatic carbocycles. The quantitative estimate of drug-likeness (QED) is 0.363. The lowest BCUT2D eigenvalue weighted by Crippen LogP contribution is -2.29. The monoisotopic (exact) mass is 325 g/mol. The molecule has 8 heteroatoms. The van der Waals surface area contributed by atoms with E-state index >= 15 is 0 Å². The molecule has 0 spiro atoms. The Labute approximate surface area is 129 Å². The Bertz CT molecular complexity index is 655. The van der Waals surface area contributed by atoms with Crippen molar-refractivity contribution < 1.29 is 28.2 Å². The Morgan fingerprint density at radius 3 is 2.32 bits per heavy atom. The summed E-state index contributed by atoms with van der Waals surface area (Å²) in [6.45, 7) is 0. The van der Waals surface area contributed by atoms with E-state index in [9.17, 15) is 18.8 Å². The molecule has 0 aliphatic carbocycles. The molecule has 1 amide bonds. The molecule has 1 saturated heterocycles. The molecule has 1 fully saturated rings. The van der Waals surface area contributed by atoms with Gasteiger partial charge in [-0.15, -0.1) is 0 Å². The number of anilines is 1. The zero-order valence-corrected chi connectivity index (χ0v) is 12.6. The van der Waals surface area contributed by atoms with E-state index in [0.717, 1.165) is 30.9 Å². The summed E-state index contributed by atoms with van der Waals surface area (Å²) in [6, 6.07) is 5.57. The molecule has 0 radical (unpaired) electrons. The molecule has 2 rings (SSSR count). The second-order valence-electron chi connectivity index (χ2n) is 4.13. The van der Waals surface area contributed by atoms with Crippen molar-refractivity contribution >= 4 is 35.3 Å². The smallest absolute Gasteiger partial charge is 0.348 e. The molecule has 1 aliphatic rings. The molecule has 0 bridgehead atoms. The highest BCUT2D eigenvalue weighted by atomic mass is 32.2.